The van der Waals surface area contributed by atoms with Gasteiger partial charge in [-0.1, -0.05) is 60.7 Å². The van der Waals surface area contributed by atoms with E-state index >= 15 is 0 Å². The van der Waals surface area contributed by atoms with Gasteiger partial charge in [0, 0.05) is 0 Å². The second kappa shape index (κ2) is 12.6. The van der Waals surface area contributed by atoms with Crippen molar-refractivity contribution in [1.82, 2.24) is 4.57 Å². The minimum Gasteiger partial charge on any atom is -0.0622 e. The Morgan fingerprint density at radius 1 is 0.721 bits per heavy atom. The molecule has 0 saturated heterocycles. The van der Waals surface area contributed by atoms with E-state index in [1.54, 1.807) is 31.4 Å². The van der Waals surface area contributed by atoms with Crippen LogP contribution in [-0.2, 0) is 48.9 Å². The third-order valence-electron chi connectivity index (χ3n) is 9.46. The maximum atomic E-state index is 2.67. The number of allylic oxidation sites excluding steroid dienone is 5. The van der Waals surface area contributed by atoms with Crippen molar-refractivity contribution in [2.45, 2.75) is 56.0 Å². The minimum atomic E-state index is -0.788. The zero-order valence-corrected chi connectivity index (χ0v) is 27.8. The number of para-hydroxylation sites is 1. The first-order valence-electron chi connectivity index (χ1n) is 15.8. The monoisotopic (exact) mass is 635 g/mol. The number of aryl methyl sites for hydroxylation is 3. The van der Waals surface area contributed by atoms with Crippen LogP contribution in [0.2, 0.25) is 0 Å². The number of aromatic nitrogens is 1. The molecule has 0 saturated carbocycles. The summed E-state index contributed by atoms with van der Waals surface area (Å²) in [4.78, 5) is 0. The van der Waals surface area contributed by atoms with Gasteiger partial charge in [-0.2, -0.15) is 0 Å². The van der Waals surface area contributed by atoms with Crippen molar-refractivity contribution in [2.24, 2.45) is 0 Å². The molecule has 0 fully saturated rings. The number of hydrogen-bond donors (Lipinski definition) is 0. The van der Waals surface area contributed by atoms with Gasteiger partial charge in [0.05, 0.1) is 0 Å². The van der Waals surface area contributed by atoms with Crippen LogP contribution in [0.25, 0.3) is 22.7 Å². The van der Waals surface area contributed by atoms with Crippen LogP contribution in [0.3, 0.4) is 0 Å². The van der Waals surface area contributed by atoms with Crippen molar-refractivity contribution in [3.63, 3.8) is 0 Å². The Kier molecular flexibility index (Phi) is 8.32. The predicted molar refractivity (Wildman–Crippen MR) is 179 cm³/mol. The number of hydrogen-bond acceptors (Lipinski definition) is 0. The standard InChI is InChI=1S/C20H16N.C14H14.C7H9.Zr/c1-2-7-15-13-16(12-14(15)6-1)21-19-10-4-3-8-17(19)18-9-5-11-20(18)21;1-3-7-13(8-4-1)11-12-14-9-5-2-6-10-14;1-6-4-3-5-7(6)2;/h1-4,6-8,10,12-13H,5,9,11H2;1-10H,11-12H2;4H,3H2,1-2H3;. The third-order valence-corrected chi connectivity index (χ3v) is 13.9. The molecule has 1 heterocycles. The van der Waals surface area contributed by atoms with Crippen LogP contribution in [0.15, 0.2) is 130 Å². The van der Waals surface area contributed by atoms with Crippen LogP contribution in [0.1, 0.15) is 63.8 Å². The molecule has 43 heavy (non-hydrogen) atoms. The van der Waals surface area contributed by atoms with Gasteiger partial charge in [0.2, 0.25) is 0 Å². The summed E-state index contributed by atoms with van der Waals surface area (Å²) >= 11 is -0.788. The van der Waals surface area contributed by atoms with Crippen LogP contribution in [0, 0.1) is 0 Å². The van der Waals surface area contributed by atoms with E-state index in [0.717, 1.165) is 12.8 Å². The summed E-state index contributed by atoms with van der Waals surface area (Å²) in [5.41, 5.74) is 15.1. The molecule has 0 bridgehead atoms. The van der Waals surface area contributed by atoms with Gasteiger partial charge in [-0.3, -0.25) is 0 Å². The van der Waals surface area contributed by atoms with Gasteiger partial charge in [-0.25, -0.2) is 0 Å². The maximum absolute atomic E-state index is 2.67. The topological polar surface area (TPSA) is 4.93 Å². The Morgan fingerprint density at radius 2 is 1.37 bits per heavy atom. The van der Waals surface area contributed by atoms with Crippen LogP contribution < -0.4 is 0 Å². The normalized spacial score (nSPS) is 16.8. The summed E-state index contributed by atoms with van der Waals surface area (Å²) in [6.07, 6.45) is 12.2. The Hall–Kier alpha value is -3.48. The molecule has 1 unspecified atom stereocenters. The predicted octanol–water partition coefficient (Wildman–Crippen LogP) is 10.4. The van der Waals surface area contributed by atoms with Gasteiger partial charge in [-0.05, 0) is 24.0 Å². The molecule has 1 nitrogen and oxygen atoms in total. The summed E-state index contributed by atoms with van der Waals surface area (Å²) in [5, 5.41) is 1.48. The molecule has 3 aliphatic rings. The largest absolute Gasteiger partial charge is 0.0622 e. The van der Waals surface area contributed by atoms with E-state index in [4.69, 9.17) is 0 Å². The molecule has 212 valence electrons. The van der Waals surface area contributed by atoms with E-state index in [1.165, 1.54) is 58.8 Å². The Bertz CT molecular complexity index is 1810. The Morgan fingerprint density at radius 3 is 2.07 bits per heavy atom. The third kappa shape index (κ3) is 5.75. The second-order valence-electron chi connectivity index (χ2n) is 12.1. The molecule has 2 heteroatoms. The fraction of sp³-hybridized carbons (Fsp3) is 0.220. The number of fused-ring (bicyclic) bond motifs is 4. The fourth-order valence-corrected chi connectivity index (χ4v) is 11.3. The van der Waals surface area contributed by atoms with Gasteiger partial charge in [0.25, 0.3) is 0 Å². The van der Waals surface area contributed by atoms with Crippen molar-refractivity contribution in [1.29, 1.82) is 0 Å². The average molecular weight is 637 g/mol. The Balaban J connectivity index is 0.000000180. The first kappa shape index (κ1) is 28.3. The molecule has 8 rings (SSSR count). The summed E-state index contributed by atoms with van der Waals surface area (Å²) in [7, 11) is 0. The minimum absolute atomic E-state index is 0.611. The molecule has 4 aromatic carbocycles. The fourth-order valence-electron chi connectivity index (χ4n) is 7.00. The van der Waals surface area contributed by atoms with Crippen molar-refractivity contribution < 1.29 is 23.2 Å². The quantitative estimate of drug-likeness (QED) is 0.175. The molecular formula is C41H39NZr. The van der Waals surface area contributed by atoms with Crippen LogP contribution in [0.4, 0.5) is 0 Å². The molecule has 3 aliphatic carbocycles. The van der Waals surface area contributed by atoms with Crippen LogP contribution in [-0.4, -0.2) is 4.57 Å². The van der Waals surface area contributed by atoms with Gasteiger partial charge < -0.3 is 0 Å². The van der Waals surface area contributed by atoms with E-state index in [2.05, 4.69) is 140 Å². The number of nitrogens with zero attached hydrogens (tertiary/aromatic N) is 1. The summed E-state index contributed by atoms with van der Waals surface area (Å²) in [5.74, 6) is 0. The van der Waals surface area contributed by atoms with Gasteiger partial charge in [0.1, 0.15) is 0 Å². The van der Waals surface area contributed by atoms with Gasteiger partial charge in [0.15, 0.2) is 0 Å². The van der Waals surface area contributed by atoms with Crippen molar-refractivity contribution >= 4 is 22.7 Å². The second-order valence-corrected chi connectivity index (χ2v) is 15.7. The SMILES string of the molecule is CC1=CC[C]([Zr][CH]2C(n3c4c(c5ccccc53)CCC4)=Cc3ccccc32)=C1C.c1ccc(CCc2ccccc2)cc1. The average Bonchev–Trinajstić information content (AvgIpc) is 3.82. The van der Waals surface area contributed by atoms with Crippen LogP contribution >= 0.6 is 0 Å². The zero-order valence-electron chi connectivity index (χ0n) is 25.3. The molecular weight excluding hydrogens is 598 g/mol. The van der Waals surface area contributed by atoms with Crippen molar-refractivity contribution in [2.75, 3.05) is 0 Å². The molecule has 0 spiro atoms. The molecule has 0 aliphatic heterocycles. The number of benzene rings is 4. The van der Waals surface area contributed by atoms with Gasteiger partial charge >= 0.3 is 185 Å². The van der Waals surface area contributed by atoms with E-state index in [-0.39, 0.29) is 0 Å². The molecule has 1 aromatic heterocycles. The van der Waals surface area contributed by atoms with Crippen molar-refractivity contribution in [3.05, 3.63) is 163 Å². The molecule has 0 amide bonds. The molecule has 5 aromatic rings. The summed E-state index contributed by atoms with van der Waals surface area (Å²) in [6.45, 7) is 4.63. The zero-order chi connectivity index (χ0) is 29.2. The van der Waals surface area contributed by atoms with E-state index in [0.29, 0.717) is 3.63 Å². The molecule has 0 N–H and O–H groups in total. The summed E-state index contributed by atoms with van der Waals surface area (Å²) < 4.78 is 5.07. The van der Waals surface area contributed by atoms with E-state index in [9.17, 15) is 0 Å². The van der Waals surface area contributed by atoms with Crippen molar-refractivity contribution in [3.8, 4) is 0 Å². The number of rotatable bonds is 6. The maximum Gasteiger partial charge on any atom is -0.0238 e. The first-order chi connectivity index (χ1) is 21.2. The molecule has 1 atom stereocenters. The molecule has 0 radical (unpaired) electrons. The smallest absolute Gasteiger partial charge is 0.0238 e. The van der Waals surface area contributed by atoms with E-state index in [1.807, 2.05) is 0 Å². The first-order valence-corrected chi connectivity index (χ1v) is 18.5. The summed E-state index contributed by atoms with van der Waals surface area (Å²) in [6, 6.07) is 39.5. The van der Waals surface area contributed by atoms with Crippen LogP contribution in [0.5, 0.6) is 0 Å². The van der Waals surface area contributed by atoms with E-state index < -0.39 is 23.2 Å². The van der Waals surface area contributed by atoms with Gasteiger partial charge in [-0.15, -0.1) is 0 Å². The Labute approximate surface area is 268 Å².